The largest absolute Gasteiger partial charge is 0.370 e. The molecule has 0 radical (unpaired) electrons. The minimum atomic E-state index is -0.342. The fourth-order valence-electron chi connectivity index (χ4n) is 9.99. The highest BCUT2D eigenvalue weighted by Crippen LogP contribution is 2.59. The van der Waals surface area contributed by atoms with Crippen LogP contribution in [0.4, 0.5) is 11.4 Å². The summed E-state index contributed by atoms with van der Waals surface area (Å²) in [4.78, 5) is 11.2. The molecule has 0 aliphatic heterocycles. The Bertz CT molecular complexity index is 1450. The van der Waals surface area contributed by atoms with Crippen LogP contribution in [0.2, 0.25) is 0 Å². The Labute approximate surface area is 339 Å². The standard InChI is InChI=1S/C45H73N4P5/c1-33-19-13-14-30-41(33)54(37-25-11-5-12-26-37)45(49-43-39(51)28-18-29-40(43)52)47-32-16-6-15-31-46-44(48-42-34(2)20-17-27-38(42)50)53(35-21-7-3-8-22-35)36-23-9-4-10-24-36/h17-18,20,27-29,33,35-37,41H,3-16,19,21-26,30-32,50-52H2,1-2H3,(H,46,48)(H,47,49)/t33-,41?,54?/m0/s1. The molecule has 2 N–H and O–H groups in total. The second-order valence-corrected chi connectivity index (χ2v) is 24.3. The van der Waals surface area contributed by atoms with Gasteiger partial charge in [-0.3, -0.25) is 0 Å². The lowest BCUT2D eigenvalue weighted by molar-refractivity contribution is 0.389. The van der Waals surface area contributed by atoms with E-state index in [1.54, 1.807) is 0 Å². The Morgan fingerprint density at radius 3 is 1.50 bits per heavy atom. The summed E-state index contributed by atoms with van der Waals surface area (Å²) in [7, 11) is 8.28. The summed E-state index contributed by atoms with van der Waals surface area (Å²) in [6.45, 7) is 6.85. The Hall–Kier alpha value is -0.470. The maximum absolute atomic E-state index is 5.63. The minimum Gasteiger partial charge on any atom is -0.370 e. The van der Waals surface area contributed by atoms with Crippen molar-refractivity contribution in [3.63, 3.8) is 0 Å². The number of nitrogens with one attached hydrogen (secondary N) is 2. The number of hydrogen-bond donors (Lipinski definition) is 2. The molecule has 4 aliphatic rings. The number of para-hydroxylation sites is 2. The van der Waals surface area contributed by atoms with E-state index in [4.69, 9.17) is 9.98 Å². The van der Waals surface area contributed by atoms with Crippen molar-refractivity contribution in [2.75, 3.05) is 13.1 Å². The molecule has 4 fully saturated rings. The van der Waals surface area contributed by atoms with Gasteiger partial charge in [0.25, 0.3) is 0 Å². The minimum absolute atomic E-state index is 0.299. The van der Waals surface area contributed by atoms with Crippen molar-refractivity contribution in [2.24, 2.45) is 15.9 Å². The fraction of sp³-hybridized carbons (Fsp3) is 0.689. The molecular formula is C45H73N4P5. The first-order valence-electron chi connectivity index (χ1n) is 22.1. The SMILES string of the molecule is Cc1cccc(P)c1/N=C(/NCCCCCN/C(=N/c1c(P)cccc1P)P(C1CCCCC1)C1CCCC[C@@H]1C)P(C1CCCCC1)C1CCCCC1. The van der Waals surface area contributed by atoms with Crippen LogP contribution < -0.4 is 26.5 Å². The summed E-state index contributed by atoms with van der Waals surface area (Å²) in [6.07, 6.45) is 30.3. The van der Waals surface area contributed by atoms with Gasteiger partial charge in [0.2, 0.25) is 0 Å². The molecule has 0 heterocycles. The Kier molecular flexibility index (Phi) is 18.1. The average molecular weight is 825 g/mol. The van der Waals surface area contributed by atoms with E-state index in [9.17, 15) is 0 Å². The van der Waals surface area contributed by atoms with Crippen molar-refractivity contribution >= 4 is 82.0 Å². The van der Waals surface area contributed by atoms with Gasteiger partial charge in [-0.15, -0.1) is 27.7 Å². The molecule has 9 heteroatoms. The number of nitrogens with zero attached hydrogens (tertiary/aromatic N) is 2. The first kappa shape index (κ1) is 43.1. The number of rotatable bonds is 14. The van der Waals surface area contributed by atoms with Crippen molar-refractivity contribution in [3.05, 3.63) is 42.0 Å². The van der Waals surface area contributed by atoms with Crippen molar-refractivity contribution in [3.8, 4) is 0 Å². The molecular weight excluding hydrogens is 751 g/mol. The molecule has 0 aromatic heterocycles. The van der Waals surface area contributed by atoms with Crippen LogP contribution in [-0.2, 0) is 0 Å². The Morgan fingerprint density at radius 2 is 0.981 bits per heavy atom. The summed E-state index contributed by atoms with van der Waals surface area (Å²) in [5, 5.41) is 11.8. The van der Waals surface area contributed by atoms with E-state index in [0.717, 1.165) is 47.3 Å². The van der Waals surface area contributed by atoms with Crippen LogP contribution in [0.5, 0.6) is 0 Å². The van der Waals surface area contributed by atoms with Gasteiger partial charge in [0.05, 0.1) is 11.4 Å². The number of amidine groups is 2. The maximum Gasteiger partial charge on any atom is 0.126 e. The number of aliphatic imine (C=N–C) groups is 2. The number of aryl methyl sites for hydroxylation is 1. The van der Waals surface area contributed by atoms with E-state index in [0.29, 0.717) is 0 Å². The molecule has 4 saturated carbocycles. The molecule has 5 unspecified atom stereocenters. The number of benzene rings is 2. The van der Waals surface area contributed by atoms with Gasteiger partial charge in [0.1, 0.15) is 11.2 Å². The molecule has 6 rings (SSSR count). The molecule has 54 heavy (non-hydrogen) atoms. The highest BCUT2D eigenvalue weighted by molar-refractivity contribution is 7.76. The maximum atomic E-state index is 5.63. The zero-order valence-corrected chi connectivity index (χ0v) is 39.1. The van der Waals surface area contributed by atoms with Gasteiger partial charge >= 0.3 is 0 Å². The topological polar surface area (TPSA) is 48.8 Å². The molecule has 0 bridgehead atoms. The van der Waals surface area contributed by atoms with E-state index >= 15 is 0 Å². The summed E-state index contributed by atoms with van der Waals surface area (Å²) in [5.41, 5.74) is 9.64. The predicted molar refractivity (Wildman–Crippen MR) is 256 cm³/mol. The van der Waals surface area contributed by atoms with Gasteiger partial charge in [0.15, 0.2) is 0 Å². The van der Waals surface area contributed by atoms with Crippen LogP contribution in [-0.4, -0.2) is 46.9 Å². The summed E-state index contributed by atoms with van der Waals surface area (Å²) in [6, 6.07) is 13.2. The molecule has 0 saturated heterocycles. The molecule has 2 aromatic carbocycles. The second-order valence-electron chi connectivity index (χ2n) is 17.1. The van der Waals surface area contributed by atoms with Crippen LogP contribution in [0.1, 0.15) is 154 Å². The van der Waals surface area contributed by atoms with Crippen LogP contribution in [0, 0.1) is 12.8 Å². The highest BCUT2D eigenvalue weighted by atomic mass is 31.1. The summed E-state index contributed by atoms with van der Waals surface area (Å²) >= 11 is 0. The van der Waals surface area contributed by atoms with Crippen molar-refractivity contribution in [1.82, 2.24) is 10.6 Å². The van der Waals surface area contributed by atoms with E-state index in [1.807, 2.05) is 0 Å². The van der Waals surface area contributed by atoms with Crippen LogP contribution in [0.15, 0.2) is 46.4 Å². The van der Waals surface area contributed by atoms with Crippen molar-refractivity contribution in [2.45, 2.75) is 178 Å². The molecule has 2 aromatic rings. The monoisotopic (exact) mass is 824 g/mol. The molecule has 4 nitrogen and oxygen atoms in total. The zero-order valence-electron chi connectivity index (χ0n) is 33.8. The summed E-state index contributed by atoms with van der Waals surface area (Å²) in [5.74, 6) is 0.803. The fourth-order valence-corrected chi connectivity index (χ4v) is 18.7. The first-order valence-corrected chi connectivity index (χ1v) is 26.8. The van der Waals surface area contributed by atoms with Gasteiger partial charge in [-0.25, -0.2) is 9.98 Å². The van der Waals surface area contributed by atoms with Gasteiger partial charge in [-0.2, -0.15) is 0 Å². The van der Waals surface area contributed by atoms with Crippen molar-refractivity contribution in [1.29, 1.82) is 0 Å². The highest BCUT2D eigenvalue weighted by Gasteiger charge is 2.38. The third-order valence-corrected chi connectivity index (χ3v) is 21.3. The van der Waals surface area contributed by atoms with Gasteiger partial charge in [0, 0.05) is 13.1 Å². The van der Waals surface area contributed by atoms with E-state index in [2.05, 4.69) is 88.6 Å². The lowest BCUT2D eigenvalue weighted by Gasteiger charge is -2.42. The van der Waals surface area contributed by atoms with Gasteiger partial charge in [-0.05, 0) is 137 Å². The summed E-state index contributed by atoms with van der Waals surface area (Å²) < 4.78 is 0. The first-order chi connectivity index (χ1) is 26.4. The molecule has 0 amide bonds. The quantitative estimate of drug-likeness (QED) is 0.0863. The number of unbranched alkanes of at least 4 members (excludes halogenated alkanes) is 2. The lowest BCUT2D eigenvalue weighted by atomic mass is 9.90. The average Bonchev–Trinajstić information content (AvgIpc) is 3.19. The third kappa shape index (κ3) is 12.0. The molecule has 6 atom stereocenters. The second kappa shape index (κ2) is 22.6. The zero-order chi connectivity index (χ0) is 37.7. The Morgan fingerprint density at radius 1 is 0.556 bits per heavy atom. The molecule has 298 valence electrons. The number of hydrogen-bond acceptors (Lipinski definition) is 2. The van der Waals surface area contributed by atoms with Crippen LogP contribution >= 0.6 is 43.6 Å². The van der Waals surface area contributed by atoms with Gasteiger partial charge in [-0.1, -0.05) is 120 Å². The predicted octanol–water partition coefficient (Wildman–Crippen LogP) is 12.1. The van der Waals surface area contributed by atoms with E-state index < -0.39 is 0 Å². The third-order valence-electron chi connectivity index (χ3n) is 13.0. The van der Waals surface area contributed by atoms with Crippen molar-refractivity contribution < 1.29 is 0 Å². The molecule has 4 aliphatic carbocycles. The smallest absolute Gasteiger partial charge is 0.126 e. The molecule has 0 spiro atoms. The van der Waals surface area contributed by atoms with Gasteiger partial charge < -0.3 is 10.6 Å². The lowest BCUT2D eigenvalue weighted by Crippen LogP contribution is -2.35. The normalized spacial score (nSPS) is 23.4. The van der Waals surface area contributed by atoms with Crippen LogP contribution in [0.25, 0.3) is 0 Å². The van der Waals surface area contributed by atoms with E-state index in [-0.39, 0.29) is 15.8 Å². The van der Waals surface area contributed by atoms with Crippen LogP contribution in [0.3, 0.4) is 0 Å². The Balaban J connectivity index is 1.15. The van der Waals surface area contributed by atoms with E-state index in [1.165, 1.54) is 180 Å².